The van der Waals surface area contributed by atoms with Crippen molar-refractivity contribution in [3.63, 3.8) is 0 Å². The summed E-state index contributed by atoms with van der Waals surface area (Å²) in [6.07, 6.45) is 0.742. The number of hydrogen-bond donors (Lipinski definition) is 1. The maximum Gasteiger partial charge on any atom is 0.142 e. The van der Waals surface area contributed by atoms with Crippen LogP contribution in [0.5, 0.6) is 0 Å². The Morgan fingerprint density at radius 2 is 1.90 bits per heavy atom. The Balaban J connectivity index is 2.28. The minimum Gasteiger partial charge on any atom is -0.310 e. The summed E-state index contributed by atoms with van der Waals surface area (Å²) in [4.78, 5) is 0. The predicted molar refractivity (Wildman–Crippen MR) is 87.4 cm³/mol. The lowest BCUT2D eigenvalue weighted by Gasteiger charge is -2.21. The number of rotatable bonds is 5. The standard InChI is InChI=1S/C18H21ClFN/c1-4-21-18(15-7-5-12(2)9-13(15)3)11-14-6-8-16(19)17(20)10-14/h5-10,18,21H,4,11H2,1-3H3. The molecule has 0 aliphatic heterocycles. The van der Waals surface area contributed by atoms with Crippen LogP contribution in [-0.2, 0) is 6.42 Å². The molecule has 0 spiro atoms. The minimum absolute atomic E-state index is 0.172. The average Bonchev–Trinajstić information content (AvgIpc) is 2.42. The molecule has 0 aliphatic carbocycles. The Morgan fingerprint density at radius 3 is 2.52 bits per heavy atom. The smallest absolute Gasteiger partial charge is 0.142 e. The molecule has 0 fully saturated rings. The maximum atomic E-state index is 13.6. The van der Waals surface area contributed by atoms with Gasteiger partial charge in [0.1, 0.15) is 5.82 Å². The quantitative estimate of drug-likeness (QED) is 0.820. The summed E-state index contributed by atoms with van der Waals surface area (Å²) in [5, 5.41) is 3.66. The Bertz CT molecular complexity index is 625. The molecule has 3 heteroatoms. The third-order valence-electron chi connectivity index (χ3n) is 3.68. The molecule has 0 aromatic heterocycles. The van der Waals surface area contributed by atoms with Gasteiger partial charge in [0.15, 0.2) is 0 Å². The molecule has 0 heterocycles. The first-order valence-corrected chi connectivity index (χ1v) is 7.63. The molecule has 0 amide bonds. The van der Waals surface area contributed by atoms with E-state index in [1.807, 2.05) is 6.07 Å². The molecule has 112 valence electrons. The molecule has 1 N–H and O–H groups in total. The molecule has 2 aromatic rings. The van der Waals surface area contributed by atoms with Gasteiger partial charge in [-0.05, 0) is 55.6 Å². The van der Waals surface area contributed by atoms with Crippen LogP contribution < -0.4 is 5.32 Å². The zero-order chi connectivity index (χ0) is 15.4. The van der Waals surface area contributed by atoms with Gasteiger partial charge in [-0.2, -0.15) is 0 Å². The van der Waals surface area contributed by atoms with Gasteiger partial charge in [-0.25, -0.2) is 4.39 Å². The second-order valence-electron chi connectivity index (χ2n) is 5.42. The van der Waals surface area contributed by atoms with Gasteiger partial charge in [0.05, 0.1) is 5.02 Å². The van der Waals surface area contributed by atoms with E-state index >= 15 is 0 Å². The third kappa shape index (κ3) is 4.05. The Labute approximate surface area is 131 Å². The molecule has 1 nitrogen and oxygen atoms in total. The van der Waals surface area contributed by atoms with Gasteiger partial charge >= 0.3 is 0 Å². The fraction of sp³-hybridized carbons (Fsp3) is 0.333. The number of hydrogen-bond acceptors (Lipinski definition) is 1. The van der Waals surface area contributed by atoms with Crippen LogP contribution in [0.25, 0.3) is 0 Å². The van der Waals surface area contributed by atoms with Crippen molar-refractivity contribution in [1.82, 2.24) is 5.32 Å². The van der Waals surface area contributed by atoms with E-state index < -0.39 is 0 Å². The summed E-state index contributed by atoms with van der Waals surface area (Å²) in [5.74, 6) is -0.356. The number of halogens is 2. The molecule has 0 aliphatic rings. The van der Waals surface area contributed by atoms with Gasteiger partial charge in [0.25, 0.3) is 0 Å². The Kier molecular flexibility index (Phi) is 5.38. The minimum atomic E-state index is -0.356. The highest BCUT2D eigenvalue weighted by molar-refractivity contribution is 6.30. The molecule has 0 saturated carbocycles. The first kappa shape index (κ1) is 16.0. The van der Waals surface area contributed by atoms with Crippen molar-refractivity contribution in [3.8, 4) is 0 Å². The van der Waals surface area contributed by atoms with Crippen molar-refractivity contribution in [3.05, 3.63) is 69.5 Å². The summed E-state index contributed by atoms with van der Waals surface area (Å²) in [6, 6.07) is 11.7. The lowest BCUT2D eigenvalue weighted by atomic mass is 9.94. The van der Waals surface area contributed by atoms with Crippen molar-refractivity contribution in [2.75, 3.05) is 6.54 Å². The summed E-state index contributed by atoms with van der Waals surface area (Å²) in [6.45, 7) is 7.16. The van der Waals surface area contributed by atoms with E-state index in [4.69, 9.17) is 11.6 Å². The van der Waals surface area contributed by atoms with Gasteiger partial charge in [0.2, 0.25) is 0 Å². The average molecular weight is 306 g/mol. The SMILES string of the molecule is CCNC(Cc1ccc(Cl)c(F)c1)c1ccc(C)cc1C. The van der Waals surface area contributed by atoms with E-state index in [1.54, 1.807) is 6.07 Å². The predicted octanol–water partition coefficient (Wildman–Crippen LogP) is 4.99. The highest BCUT2D eigenvalue weighted by Crippen LogP contribution is 2.24. The zero-order valence-electron chi connectivity index (χ0n) is 12.7. The van der Waals surface area contributed by atoms with Crippen molar-refractivity contribution in [1.29, 1.82) is 0 Å². The molecule has 1 unspecified atom stereocenters. The maximum absolute atomic E-state index is 13.6. The van der Waals surface area contributed by atoms with Crippen LogP contribution in [0.4, 0.5) is 4.39 Å². The largest absolute Gasteiger partial charge is 0.310 e. The fourth-order valence-electron chi connectivity index (χ4n) is 2.66. The van der Waals surface area contributed by atoms with Crippen molar-refractivity contribution in [2.45, 2.75) is 33.2 Å². The molecule has 0 bridgehead atoms. The lowest BCUT2D eigenvalue weighted by Crippen LogP contribution is -2.23. The second-order valence-corrected chi connectivity index (χ2v) is 5.83. The molecule has 21 heavy (non-hydrogen) atoms. The van der Waals surface area contributed by atoms with Crippen LogP contribution in [0.1, 0.15) is 35.2 Å². The van der Waals surface area contributed by atoms with E-state index in [-0.39, 0.29) is 16.9 Å². The number of benzene rings is 2. The van der Waals surface area contributed by atoms with E-state index in [0.717, 1.165) is 18.5 Å². The van der Waals surface area contributed by atoms with Crippen molar-refractivity contribution >= 4 is 11.6 Å². The van der Waals surface area contributed by atoms with Gasteiger partial charge in [-0.15, -0.1) is 0 Å². The topological polar surface area (TPSA) is 12.0 Å². The van der Waals surface area contributed by atoms with Crippen LogP contribution in [0, 0.1) is 19.7 Å². The fourth-order valence-corrected chi connectivity index (χ4v) is 2.77. The van der Waals surface area contributed by atoms with Crippen molar-refractivity contribution < 1.29 is 4.39 Å². The normalized spacial score (nSPS) is 12.4. The zero-order valence-corrected chi connectivity index (χ0v) is 13.5. The van der Waals surface area contributed by atoms with Crippen LogP contribution >= 0.6 is 11.6 Å². The number of aryl methyl sites for hydroxylation is 2. The van der Waals surface area contributed by atoms with Crippen LogP contribution in [0.2, 0.25) is 5.02 Å². The van der Waals surface area contributed by atoms with Crippen LogP contribution in [0.3, 0.4) is 0 Å². The van der Waals surface area contributed by atoms with Gasteiger partial charge in [-0.3, -0.25) is 0 Å². The first-order valence-electron chi connectivity index (χ1n) is 7.25. The molecule has 0 radical (unpaired) electrons. The third-order valence-corrected chi connectivity index (χ3v) is 3.98. The summed E-state index contributed by atoms with van der Waals surface area (Å²) >= 11 is 5.75. The molecule has 2 aromatic carbocycles. The lowest BCUT2D eigenvalue weighted by molar-refractivity contribution is 0.544. The summed E-state index contributed by atoms with van der Waals surface area (Å²) < 4.78 is 13.6. The van der Waals surface area contributed by atoms with Gasteiger partial charge < -0.3 is 5.32 Å². The van der Waals surface area contributed by atoms with E-state index in [2.05, 4.69) is 44.3 Å². The van der Waals surface area contributed by atoms with Gasteiger partial charge in [-0.1, -0.05) is 48.4 Å². The molecular formula is C18H21ClFN. The van der Waals surface area contributed by atoms with E-state index in [0.29, 0.717) is 0 Å². The Hall–Kier alpha value is -1.38. The van der Waals surface area contributed by atoms with Crippen LogP contribution in [-0.4, -0.2) is 6.54 Å². The summed E-state index contributed by atoms with van der Waals surface area (Å²) in [5.41, 5.74) is 4.72. The van der Waals surface area contributed by atoms with Crippen molar-refractivity contribution in [2.24, 2.45) is 0 Å². The molecule has 0 saturated heterocycles. The van der Waals surface area contributed by atoms with Gasteiger partial charge in [0, 0.05) is 6.04 Å². The number of likely N-dealkylation sites (N-methyl/N-ethyl adjacent to an activating group) is 1. The highest BCUT2D eigenvalue weighted by Gasteiger charge is 2.14. The monoisotopic (exact) mass is 305 g/mol. The second kappa shape index (κ2) is 7.06. The highest BCUT2D eigenvalue weighted by atomic mass is 35.5. The van der Waals surface area contributed by atoms with E-state index in [9.17, 15) is 4.39 Å². The van der Waals surface area contributed by atoms with Crippen LogP contribution in [0.15, 0.2) is 36.4 Å². The van der Waals surface area contributed by atoms with E-state index in [1.165, 1.54) is 22.8 Å². The molecule has 1 atom stereocenters. The summed E-state index contributed by atoms with van der Waals surface area (Å²) in [7, 11) is 0. The Morgan fingerprint density at radius 1 is 1.14 bits per heavy atom. The molecule has 2 rings (SSSR count). The molecular weight excluding hydrogens is 285 g/mol. The number of nitrogens with one attached hydrogen (secondary N) is 1. The first-order chi connectivity index (χ1) is 10.0.